The zero-order chi connectivity index (χ0) is 20.6. The van der Waals surface area contributed by atoms with Crippen LogP contribution in [-0.4, -0.2) is 37.1 Å². The first-order valence-electron chi connectivity index (χ1n) is 8.67. The van der Waals surface area contributed by atoms with Gasteiger partial charge in [-0.05, 0) is 17.7 Å². The number of pyridine rings is 1. The van der Waals surface area contributed by atoms with Crippen molar-refractivity contribution in [1.82, 2.24) is 15.0 Å². The van der Waals surface area contributed by atoms with Gasteiger partial charge in [-0.1, -0.05) is 65.8 Å². The van der Waals surface area contributed by atoms with Gasteiger partial charge in [0.05, 0.1) is 21.7 Å². The summed E-state index contributed by atoms with van der Waals surface area (Å²) in [5, 5.41) is 11.0. The van der Waals surface area contributed by atoms with Gasteiger partial charge in [-0.25, -0.2) is 9.97 Å². The number of hydrogen-bond donors (Lipinski definition) is 3. The lowest BCUT2D eigenvalue weighted by Gasteiger charge is -2.07. The Morgan fingerprint density at radius 1 is 1.10 bits per heavy atom. The first-order valence-corrected chi connectivity index (χ1v) is 12.3. The normalized spacial score (nSPS) is 13.5. The standard InChI is InChI=1S/C20H17ClN3O3PS/c1-28(26,27)11-29-20-22-16-10-15(21)18(23-19(16)24-20)13-8-6-12(7-9-13)14-4-2-3-5-17(14)25/h2-10,25H,11H2,1H3,(H,26,27)(H,22,23,24). The second-order valence-corrected chi connectivity index (χ2v) is 10.9. The van der Waals surface area contributed by atoms with Crippen molar-refractivity contribution in [1.29, 1.82) is 0 Å². The summed E-state index contributed by atoms with van der Waals surface area (Å²) in [5.74, 6) is 0.221. The fraction of sp³-hybridized carbons (Fsp3) is 0.100. The monoisotopic (exact) mass is 445 g/mol. The van der Waals surface area contributed by atoms with E-state index in [0.29, 0.717) is 27.0 Å². The number of aromatic amines is 1. The van der Waals surface area contributed by atoms with Gasteiger partial charge >= 0.3 is 0 Å². The molecule has 1 atom stereocenters. The summed E-state index contributed by atoms with van der Waals surface area (Å²) in [4.78, 5) is 21.5. The number of thioether (sulfide) groups is 1. The average Bonchev–Trinajstić information content (AvgIpc) is 3.08. The lowest BCUT2D eigenvalue weighted by Crippen LogP contribution is -1.88. The number of benzene rings is 2. The summed E-state index contributed by atoms with van der Waals surface area (Å²) >= 11 is 7.61. The Balaban J connectivity index is 1.66. The molecule has 3 N–H and O–H groups in total. The van der Waals surface area contributed by atoms with Crippen LogP contribution >= 0.6 is 30.7 Å². The van der Waals surface area contributed by atoms with Crippen LogP contribution in [0.15, 0.2) is 59.8 Å². The van der Waals surface area contributed by atoms with Crippen LogP contribution in [0.5, 0.6) is 5.75 Å². The summed E-state index contributed by atoms with van der Waals surface area (Å²) in [6.07, 6.45) is 0. The lowest BCUT2D eigenvalue weighted by atomic mass is 10.0. The summed E-state index contributed by atoms with van der Waals surface area (Å²) < 4.78 is 11.5. The molecule has 0 aliphatic rings. The van der Waals surface area contributed by atoms with Crippen molar-refractivity contribution < 1.29 is 14.6 Å². The van der Waals surface area contributed by atoms with Crippen LogP contribution in [0, 0.1) is 0 Å². The summed E-state index contributed by atoms with van der Waals surface area (Å²) in [7, 11) is -3.14. The van der Waals surface area contributed by atoms with Gasteiger partial charge in [0.15, 0.2) is 10.8 Å². The van der Waals surface area contributed by atoms with Crippen LogP contribution in [0.3, 0.4) is 0 Å². The molecule has 0 saturated carbocycles. The molecular formula is C20H17ClN3O3PS. The van der Waals surface area contributed by atoms with Crippen LogP contribution in [0.1, 0.15) is 0 Å². The highest BCUT2D eigenvalue weighted by molar-refractivity contribution is 8.04. The third kappa shape index (κ3) is 4.49. The van der Waals surface area contributed by atoms with Crippen molar-refractivity contribution >= 4 is 41.9 Å². The molecule has 6 nitrogen and oxygen atoms in total. The molecule has 0 spiro atoms. The highest BCUT2D eigenvalue weighted by Crippen LogP contribution is 2.41. The van der Waals surface area contributed by atoms with Gasteiger partial charge in [-0.3, -0.25) is 4.57 Å². The first-order chi connectivity index (χ1) is 13.8. The van der Waals surface area contributed by atoms with Crippen molar-refractivity contribution in [3.63, 3.8) is 0 Å². The van der Waals surface area contributed by atoms with Crippen LogP contribution in [0.25, 0.3) is 33.5 Å². The number of hydrogen-bond acceptors (Lipinski definition) is 5. The molecule has 0 bridgehead atoms. The third-order valence-electron chi connectivity index (χ3n) is 4.22. The van der Waals surface area contributed by atoms with Crippen molar-refractivity contribution in [2.45, 2.75) is 5.16 Å². The molecule has 4 rings (SSSR count). The molecule has 2 aromatic heterocycles. The Kier molecular flexibility index (Phi) is 5.40. The molecule has 0 fully saturated rings. The number of phenols is 1. The molecule has 0 aliphatic carbocycles. The second-order valence-electron chi connectivity index (χ2n) is 6.65. The van der Waals surface area contributed by atoms with E-state index in [-0.39, 0.29) is 11.2 Å². The number of rotatable bonds is 5. The molecule has 0 saturated heterocycles. The van der Waals surface area contributed by atoms with Crippen molar-refractivity contribution in [2.75, 3.05) is 12.2 Å². The van der Waals surface area contributed by atoms with Gasteiger partial charge in [-0.15, -0.1) is 0 Å². The molecule has 29 heavy (non-hydrogen) atoms. The topological polar surface area (TPSA) is 99.1 Å². The number of H-pyrrole nitrogens is 1. The molecule has 4 aromatic rings. The quantitative estimate of drug-likeness (QED) is 0.273. The van der Waals surface area contributed by atoms with Crippen LogP contribution in [0.4, 0.5) is 0 Å². The van der Waals surface area contributed by atoms with Crippen LogP contribution in [0.2, 0.25) is 5.02 Å². The molecule has 2 aromatic carbocycles. The summed E-state index contributed by atoms with van der Waals surface area (Å²) in [6, 6.07) is 16.5. The van der Waals surface area contributed by atoms with E-state index >= 15 is 0 Å². The van der Waals surface area contributed by atoms with Crippen molar-refractivity contribution in [3.8, 4) is 28.1 Å². The first kappa shape index (κ1) is 20.0. The minimum atomic E-state index is -3.14. The zero-order valence-electron chi connectivity index (χ0n) is 15.3. The number of aromatic hydroxyl groups is 1. The largest absolute Gasteiger partial charge is 0.507 e. The molecule has 1 unspecified atom stereocenters. The van der Waals surface area contributed by atoms with E-state index < -0.39 is 7.37 Å². The van der Waals surface area contributed by atoms with Gasteiger partial charge in [0, 0.05) is 17.8 Å². The molecule has 0 aliphatic heterocycles. The number of fused-ring (bicyclic) bond motifs is 1. The van der Waals surface area contributed by atoms with E-state index in [9.17, 15) is 14.6 Å². The smallest absolute Gasteiger partial charge is 0.207 e. The highest BCUT2D eigenvalue weighted by atomic mass is 35.5. The van der Waals surface area contributed by atoms with Gasteiger partial charge < -0.3 is 15.0 Å². The average molecular weight is 446 g/mol. The molecule has 0 radical (unpaired) electrons. The maximum absolute atomic E-state index is 11.5. The van der Waals surface area contributed by atoms with Crippen molar-refractivity contribution in [3.05, 3.63) is 59.6 Å². The van der Waals surface area contributed by atoms with Gasteiger partial charge in [0.1, 0.15) is 5.75 Å². The lowest BCUT2D eigenvalue weighted by molar-refractivity contribution is 0.477. The van der Waals surface area contributed by atoms with E-state index in [1.54, 1.807) is 18.2 Å². The number of halogens is 1. The summed E-state index contributed by atoms with van der Waals surface area (Å²) in [5.41, 5.74) is 4.27. The zero-order valence-corrected chi connectivity index (χ0v) is 17.8. The Morgan fingerprint density at radius 2 is 1.79 bits per heavy atom. The van der Waals surface area contributed by atoms with E-state index in [1.165, 1.54) is 18.4 Å². The van der Waals surface area contributed by atoms with Crippen LogP contribution in [-0.2, 0) is 4.57 Å². The van der Waals surface area contributed by atoms with E-state index in [2.05, 4.69) is 15.0 Å². The Hall–Kier alpha value is -2.31. The number of phenolic OH excluding ortho intramolecular Hbond substituents is 1. The second kappa shape index (κ2) is 7.84. The van der Waals surface area contributed by atoms with Gasteiger partial charge in [0.25, 0.3) is 0 Å². The number of para-hydroxylation sites is 1. The molecule has 0 amide bonds. The van der Waals surface area contributed by atoms with E-state index in [4.69, 9.17) is 11.6 Å². The molecular weight excluding hydrogens is 429 g/mol. The minimum Gasteiger partial charge on any atom is -0.507 e. The Labute approximate surface area is 176 Å². The Bertz CT molecular complexity index is 1240. The predicted octanol–water partition coefficient (Wildman–Crippen LogP) is 5.60. The fourth-order valence-electron chi connectivity index (χ4n) is 2.87. The molecule has 2 heterocycles. The SMILES string of the molecule is CP(=O)(O)CSc1nc2nc(-c3ccc(-c4ccccc4O)cc3)c(Cl)cc2[nH]1. The molecule has 148 valence electrons. The minimum absolute atomic E-state index is 0.0706. The summed E-state index contributed by atoms with van der Waals surface area (Å²) in [6.45, 7) is 1.31. The predicted molar refractivity (Wildman–Crippen MR) is 118 cm³/mol. The maximum atomic E-state index is 11.5. The fourth-order valence-corrected chi connectivity index (χ4v) is 4.91. The van der Waals surface area contributed by atoms with Gasteiger partial charge in [0.2, 0.25) is 7.37 Å². The number of imidazole rings is 1. The number of nitrogens with one attached hydrogen (secondary N) is 1. The highest BCUT2D eigenvalue weighted by Gasteiger charge is 2.15. The number of aromatic nitrogens is 3. The number of nitrogens with zero attached hydrogens (tertiary/aromatic N) is 2. The van der Waals surface area contributed by atoms with E-state index in [1.807, 2.05) is 36.4 Å². The molecule has 9 heteroatoms. The maximum Gasteiger partial charge on any atom is 0.207 e. The van der Waals surface area contributed by atoms with E-state index in [0.717, 1.165) is 16.7 Å². The Morgan fingerprint density at radius 3 is 2.48 bits per heavy atom. The van der Waals surface area contributed by atoms with Crippen LogP contribution < -0.4 is 0 Å². The van der Waals surface area contributed by atoms with Gasteiger partial charge in [-0.2, -0.15) is 0 Å². The van der Waals surface area contributed by atoms with Crippen molar-refractivity contribution in [2.24, 2.45) is 0 Å². The third-order valence-corrected chi connectivity index (χ3v) is 7.41.